The Hall–Kier alpha value is -0.0800. The zero-order valence-electron chi connectivity index (χ0n) is 9.29. The van der Waals surface area contributed by atoms with Crippen LogP contribution >= 0.6 is 0 Å². The Morgan fingerprint density at radius 2 is 1.85 bits per heavy atom. The SMILES string of the molecule is CC(C)CN(CC(C)CN)C1CC1. The van der Waals surface area contributed by atoms with E-state index in [0.717, 1.165) is 18.5 Å². The van der Waals surface area contributed by atoms with Gasteiger partial charge in [0.1, 0.15) is 0 Å². The third kappa shape index (κ3) is 4.10. The second-order valence-electron chi connectivity index (χ2n) is 4.92. The molecule has 13 heavy (non-hydrogen) atoms. The van der Waals surface area contributed by atoms with Crippen LogP contribution in [0.1, 0.15) is 33.6 Å². The van der Waals surface area contributed by atoms with Crippen molar-refractivity contribution in [1.29, 1.82) is 0 Å². The van der Waals surface area contributed by atoms with Gasteiger partial charge >= 0.3 is 0 Å². The molecule has 0 heterocycles. The van der Waals surface area contributed by atoms with Gasteiger partial charge in [-0.15, -0.1) is 0 Å². The van der Waals surface area contributed by atoms with Crippen LogP contribution in [0, 0.1) is 11.8 Å². The van der Waals surface area contributed by atoms with Crippen molar-refractivity contribution in [3.05, 3.63) is 0 Å². The predicted octanol–water partition coefficient (Wildman–Crippen LogP) is 1.70. The maximum atomic E-state index is 5.65. The van der Waals surface area contributed by atoms with Crippen molar-refractivity contribution in [2.45, 2.75) is 39.7 Å². The number of hydrogen-bond donors (Lipinski definition) is 1. The molecule has 1 saturated carbocycles. The van der Waals surface area contributed by atoms with Crippen LogP contribution in [-0.4, -0.2) is 30.6 Å². The molecule has 0 spiro atoms. The molecule has 1 aliphatic carbocycles. The summed E-state index contributed by atoms with van der Waals surface area (Å²) in [7, 11) is 0. The van der Waals surface area contributed by atoms with Crippen molar-refractivity contribution in [3.8, 4) is 0 Å². The molecule has 2 N–H and O–H groups in total. The van der Waals surface area contributed by atoms with Crippen LogP contribution in [0.5, 0.6) is 0 Å². The van der Waals surface area contributed by atoms with E-state index in [1.165, 1.54) is 25.9 Å². The molecule has 0 aromatic rings. The topological polar surface area (TPSA) is 29.3 Å². The van der Waals surface area contributed by atoms with Crippen molar-refractivity contribution in [2.75, 3.05) is 19.6 Å². The molecule has 1 fully saturated rings. The number of nitrogens with two attached hydrogens (primary N) is 1. The van der Waals surface area contributed by atoms with Gasteiger partial charge in [0.15, 0.2) is 0 Å². The van der Waals surface area contributed by atoms with Crippen molar-refractivity contribution >= 4 is 0 Å². The van der Waals surface area contributed by atoms with Crippen LogP contribution in [0.3, 0.4) is 0 Å². The van der Waals surface area contributed by atoms with Gasteiger partial charge < -0.3 is 5.73 Å². The van der Waals surface area contributed by atoms with E-state index in [1.807, 2.05) is 0 Å². The molecule has 1 unspecified atom stereocenters. The van der Waals surface area contributed by atoms with Crippen LogP contribution in [0.15, 0.2) is 0 Å². The molecule has 0 bridgehead atoms. The molecule has 0 aromatic heterocycles. The van der Waals surface area contributed by atoms with Gasteiger partial charge in [-0.05, 0) is 31.2 Å². The molecule has 0 aliphatic heterocycles. The number of rotatable bonds is 6. The Balaban J connectivity index is 2.29. The van der Waals surface area contributed by atoms with E-state index in [2.05, 4.69) is 25.7 Å². The Morgan fingerprint density at radius 1 is 1.23 bits per heavy atom. The van der Waals surface area contributed by atoms with E-state index in [1.54, 1.807) is 0 Å². The molecule has 0 aromatic carbocycles. The largest absolute Gasteiger partial charge is 0.330 e. The van der Waals surface area contributed by atoms with Gasteiger partial charge in [-0.3, -0.25) is 4.90 Å². The molecule has 0 saturated heterocycles. The zero-order chi connectivity index (χ0) is 9.84. The van der Waals surface area contributed by atoms with Crippen LogP contribution in [-0.2, 0) is 0 Å². The standard InChI is InChI=1S/C11H24N2/c1-9(2)7-13(11-4-5-11)8-10(3)6-12/h9-11H,4-8,12H2,1-3H3. The summed E-state index contributed by atoms with van der Waals surface area (Å²) in [4.78, 5) is 2.63. The minimum Gasteiger partial charge on any atom is -0.330 e. The fourth-order valence-electron chi connectivity index (χ4n) is 1.76. The average molecular weight is 184 g/mol. The lowest BCUT2D eigenvalue weighted by Crippen LogP contribution is -2.35. The van der Waals surface area contributed by atoms with Gasteiger partial charge in [0.05, 0.1) is 0 Å². The lowest BCUT2D eigenvalue weighted by Gasteiger charge is -2.26. The summed E-state index contributed by atoms with van der Waals surface area (Å²) in [5.74, 6) is 1.44. The monoisotopic (exact) mass is 184 g/mol. The van der Waals surface area contributed by atoms with Crippen LogP contribution in [0.2, 0.25) is 0 Å². The molecule has 2 nitrogen and oxygen atoms in total. The molecular weight excluding hydrogens is 160 g/mol. The van der Waals surface area contributed by atoms with E-state index in [-0.39, 0.29) is 0 Å². The van der Waals surface area contributed by atoms with Crippen LogP contribution < -0.4 is 5.73 Å². The first-order valence-electron chi connectivity index (χ1n) is 5.57. The molecular formula is C11H24N2. The van der Waals surface area contributed by atoms with Gasteiger partial charge in [-0.1, -0.05) is 20.8 Å². The molecule has 1 rings (SSSR count). The lowest BCUT2D eigenvalue weighted by atomic mass is 10.1. The van der Waals surface area contributed by atoms with Crippen LogP contribution in [0.4, 0.5) is 0 Å². The lowest BCUT2D eigenvalue weighted by molar-refractivity contribution is 0.206. The molecule has 1 atom stereocenters. The highest BCUT2D eigenvalue weighted by Crippen LogP contribution is 2.28. The Kier molecular flexibility index (Phi) is 4.20. The van der Waals surface area contributed by atoms with E-state index in [0.29, 0.717) is 5.92 Å². The average Bonchev–Trinajstić information content (AvgIpc) is 2.84. The molecule has 78 valence electrons. The first-order chi connectivity index (χ1) is 6.13. The number of nitrogens with zero attached hydrogens (tertiary/aromatic N) is 1. The zero-order valence-corrected chi connectivity index (χ0v) is 9.29. The summed E-state index contributed by atoms with van der Waals surface area (Å²) in [5, 5.41) is 0. The highest BCUT2D eigenvalue weighted by atomic mass is 15.2. The molecule has 0 radical (unpaired) electrons. The third-order valence-electron chi connectivity index (χ3n) is 2.61. The van der Waals surface area contributed by atoms with E-state index >= 15 is 0 Å². The summed E-state index contributed by atoms with van der Waals surface area (Å²) >= 11 is 0. The molecule has 2 heteroatoms. The summed E-state index contributed by atoms with van der Waals surface area (Å²) in [6.45, 7) is 10.1. The summed E-state index contributed by atoms with van der Waals surface area (Å²) in [5.41, 5.74) is 5.65. The minimum absolute atomic E-state index is 0.652. The second kappa shape index (κ2) is 4.97. The van der Waals surface area contributed by atoms with Gasteiger partial charge in [0.25, 0.3) is 0 Å². The number of hydrogen-bond acceptors (Lipinski definition) is 2. The maximum absolute atomic E-state index is 5.65. The fourth-order valence-corrected chi connectivity index (χ4v) is 1.76. The first kappa shape index (κ1) is 11.0. The van der Waals surface area contributed by atoms with E-state index in [4.69, 9.17) is 5.73 Å². The van der Waals surface area contributed by atoms with Crippen molar-refractivity contribution in [1.82, 2.24) is 4.90 Å². The third-order valence-corrected chi connectivity index (χ3v) is 2.61. The van der Waals surface area contributed by atoms with Gasteiger partial charge in [0, 0.05) is 19.1 Å². The summed E-state index contributed by atoms with van der Waals surface area (Å²) in [6.07, 6.45) is 2.81. The Labute approximate surface area is 82.5 Å². The van der Waals surface area contributed by atoms with Crippen molar-refractivity contribution < 1.29 is 0 Å². The van der Waals surface area contributed by atoms with Crippen molar-refractivity contribution in [2.24, 2.45) is 17.6 Å². The highest BCUT2D eigenvalue weighted by molar-refractivity contribution is 4.85. The normalized spacial score (nSPS) is 19.8. The molecule has 1 aliphatic rings. The highest BCUT2D eigenvalue weighted by Gasteiger charge is 2.29. The minimum atomic E-state index is 0.652. The maximum Gasteiger partial charge on any atom is 0.00966 e. The smallest absolute Gasteiger partial charge is 0.00966 e. The predicted molar refractivity (Wildman–Crippen MR) is 57.7 cm³/mol. The Morgan fingerprint density at radius 3 is 2.23 bits per heavy atom. The Bertz CT molecular complexity index is 141. The van der Waals surface area contributed by atoms with Gasteiger partial charge in [-0.2, -0.15) is 0 Å². The van der Waals surface area contributed by atoms with Crippen LogP contribution in [0.25, 0.3) is 0 Å². The fraction of sp³-hybridized carbons (Fsp3) is 1.00. The van der Waals surface area contributed by atoms with Gasteiger partial charge in [0.2, 0.25) is 0 Å². The molecule has 0 amide bonds. The van der Waals surface area contributed by atoms with Gasteiger partial charge in [-0.25, -0.2) is 0 Å². The quantitative estimate of drug-likeness (QED) is 0.681. The van der Waals surface area contributed by atoms with E-state index < -0.39 is 0 Å². The van der Waals surface area contributed by atoms with Crippen molar-refractivity contribution in [3.63, 3.8) is 0 Å². The second-order valence-corrected chi connectivity index (χ2v) is 4.92. The first-order valence-corrected chi connectivity index (χ1v) is 5.57. The summed E-state index contributed by atoms with van der Waals surface area (Å²) < 4.78 is 0. The summed E-state index contributed by atoms with van der Waals surface area (Å²) in [6, 6.07) is 0.886. The van der Waals surface area contributed by atoms with E-state index in [9.17, 15) is 0 Å².